The van der Waals surface area contributed by atoms with Gasteiger partial charge in [0.25, 0.3) is 5.69 Å². The lowest BCUT2D eigenvalue weighted by molar-refractivity contribution is -0.384. The molecule has 2 N–H and O–H groups in total. The van der Waals surface area contributed by atoms with E-state index in [1.54, 1.807) is 12.1 Å². The van der Waals surface area contributed by atoms with E-state index in [1.165, 1.54) is 12.8 Å². The molecule has 0 aliphatic heterocycles. The first-order valence-electron chi connectivity index (χ1n) is 7.97. The van der Waals surface area contributed by atoms with Crippen LogP contribution in [0.25, 0.3) is 0 Å². The van der Waals surface area contributed by atoms with Crippen molar-refractivity contribution in [3.63, 3.8) is 0 Å². The number of rotatable bonds is 8. The molecule has 1 fully saturated rings. The predicted octanol–water partition coefficient (Wildman–Crippen LogP) is 2.64. The van der Waals surface area contributed by atoms with Crippen molar-refractivity contribution < 1.29 is 4.92 Å². The Kier molecular flexibility index (Phi) is 6.18. The largest absolute Gasteiger partial charge is 0.357 e. The van der Waals surface area contributed by atoms with Gasteiger partial charge in [-0.1, -0.05) is 12.1 Å². The third kappa shape index (κ3) is 5.71. The zero-order chi connectivity index (χ0) is 15.8. The Hall–Kier alpha value is -2.11. The Labute approximate surface area is 131 Å². The summed E-state index contributed by atoms with van der Waals surface area (Å²) in [5.41, 5.74) is 1.28. The highest BCUT2D eigenvalue weighted by molar-refractivity contribution is 5.80. The van der Waals surface area contributed by atoms with E-state index in [0.29, 0.717) is 6.04 Å². The number of nitrogens with one attached hydrogen (secondary N) is 2. The number of unbranched alkanes of at least 4 members (excludes halogenated alkanes) is 1. The summed E-state index contributed by atoms with van der Waals surface area (Å²) in [5, 5.41) is 17.2. The van der Waals surface area contributed by atoms with Crippen LogP contribution in [0.15, 0.2) is 29.3 Å². The summed E-state index contributed by atoms with van der Waals surface area (Å²) < 4.78 is 0. The molecule has 0 saturated heterocycles. The lowest BCUT2D eigenvalue weighted by Crippen LogP contribution is -2.38. The van der Waals surface area contributed by atoms with Crippen LogP contribution in [0.4, 0.5) is 5.69 Å². The fourth-order valence-corrected chi connectivity index (χ4v) is 2.16. The molecule has 1 aliphatic carbocycles. The quantitative estimate of drug-likeness (QED) is 0.254. The van der Waals surface area contributed by atoms with Crippen molar-refractivity contribution in [2.75, 3.05) is 13.1 Å². The molecule has 0 bridgehead atoms. The Morgan fingerprint density at radius 2 is 2.05 bits per heavy atom. The molecule has 0 heterocycles. The van der Waals surface area contributed by atoms with Crippen LogP contribution in [0.2, 0.25) is 0 Å². The maximum Gasteiger partial charge on any atom is 0.269 e. The Morgan fingerprint density at radius 1 is 1.32 bits per heavy atom. The molecule has 0 radical (unpaired) electrons. The average Bonchev–Trinajstić information content (AvgIpc) is 3.31. The van der Waals surface area contributed by atoms with Crippen LogP contribution in [-0.4, -0.2) is 30.0 Å². The zero-order valence-electron chi connectivity index (χ0n) is 13.0. The van der Waals surface area contributed by atoms with Crippen LogP contribution in [0, 0.1) is 10.1 Å². The van der Waals surface area contributed by atoms with Crippen molar-refractivity contribution in [1.82, 2.24) is 10.6 Å². The van der Waals surface area contributed by atoms with Gasteiger partial charge < -0.3 is 10.6 Å². The lowest BCUT2D eigenvalue weighted by Gasteiger charge is -2.09. The van der Waals surface area contributed by atoms with E-state index in [1.807, 2.05) is 12.1 Å². The van der Waals surface area contributed by atoms with Gasteiger partial charge in [0, 0.05) is 31.3 Å². The van der Waals surface area contributed by atoms with Gasteiger partial charge in [0.1, 0.15) is 0 Å². The number of benzene rings is 1. The number of non-ortho nitro benzene ring substituents is 1. The van der Waals surface area contributed by atoms with Gasteiger partial charge in [0.2, 0.25) is 0 Å². The average molecular weight is 304 g/mol. The van der Waals surface area contributed by atoms with Crippen LogP contribution >= 0.6 is 0 Å². The van der Waals surface area contributed by atoms with Crippen molar-refractivity contribution in [3.05, 3.63) is 39.9 Å². The van der Waals surface area contributed by atoms with Gasteiger partial charge in [0.05, 0.1) is 4.92 Å². The third-order valence-electron chi connectivity index (χ3n) is 3.55. The molecular formula is C16H24N4O2. The Bertz CT molecular complexity index is 509. The zero-order valence-corrected chi connectivity index (χ0v) is 13.0. The Balaban J connectivity index is 1.67. The summed E-state index contributed by atoms with van der Waals surface area (Å²) in [6.07, 6.45) is 5.46. The molecule has 0 unspecified atom stereocenters. The van der Waals surface area contributed by atoms with Gasteiger partial charge in [0.15, 0.2) is 5.96 Å². The molecule has 1 aromatic carbocycles. The van der Waals surface area contributed by atoms with Crippen LogP contribution in [0.5, 0.6) is 0 Å². The molecule has 0 amide bonds. The van der Waals surface area contributed by atoms with E-state index in [4.69, 9.17) is 0 Å². The summed E-state index contributed by atoms with van der Waals surface area (Å²) in [7, 11) is 0. The van der Waals surface area contributed by atoms with Gasteiger partial charge in [-0.25, -0.2) is 0 Å². The van der Waals surface area contributed by atoms with E-state index in [9.17, 15) is 10.1 Å². The lowest BCUT2D eigenvalue weighted by atomic mass is 10.1. The van der Waals surface area contributed by atoms with Gasteiger partial charge in [-0.15, -0.1) is 0 Å². The minimum absolute atomic E-state index is 0.148. The molecule has 0 atom stereocenters. The smallest absolute Gasteiger partial charge is 0.269 e. The number of nitro groups is 1. The van der Waals surface area contributed by atoms with E-state index < -0.39 is 0 Å². The molecule has 1 aromatic rings. The minimum Gasteiger partial charge on any atom is -0.357 e. The number of hydrogen-bond donors (Lipinski definition) is 2. The van der Waals surface area contributed by atoms with Gasteiger partial charge in [-0.05, 0) is 44.6 Å². The predicted molar refractivity (Wildman–Crippen MR) is 88.2 cm³/mol. The molecule has 2 rings (SSSR count). The van der Waals surface area contributed by atoms with E-state index >= 15 is 0 Å². The number of aliphatic imine (C=N–C) groups is 1. The van der Waals surface area contributed by atoms with E-state index in [-0.39, 0.29) is 10.6 Å². The van der Waals surface area contributed by atoms with Crippen molar-refractivity contribution in [1.29, 1.82) is 0 Å². The van der Waals surface area contributed by atoms with Gasteiger partial charge >= 0.3 is 0 Å². The number of nitrogens with zero attached hydrogens (tertiary/aromatic N) is 2. The van der Waals surface area contributed by atoms with Crippen molar-refractivity contribution >= 4 is 11.6 Å². The van der Waals surface area contributed by atoms with E-state index in [2.05, 4.69) is 22.5 Å². The van der Waals surface area contributed by atoms with Crippen LogP contribution in [-0.2, 0) is 6.42 Å². The summed E-state index contributed by atoms with van der Waals surface area (Å²) in [6, 6.07) is 7.41. The van der Waals surface area contributed by atoms with Crippen molar-refractivity contribution in [3.8, 4) is 0 Å². The van der Waals surface area contributed by atoms with Crippen LogP contribution in [0.1, 0.15) is 38.2 Å². The summed E-state index contributed by atoms with van der Waals surface area (Å²) in [6.45, 7) is 3.75. The highest BCUT2D eigenvalue weighted by Gasteiger charge is 2.21. The maximum absolute atomic E-state index is 10.6. The van der Waals surface area contributed by atoms with Gasteiger partial charge in [-0.2, -0.15) is 0 Å². The molecule has 120 valence electrons. The molecule has 0 aromatic heterocycles. The SMILES string of the molecule is CCNC(=NCCCCc1ccc([N+](=O)[O-])cc1)NC1CC1. The Morgan fingerprint density at radius 3 is 2.64 bits per heavy atom. The third-order valence-corrected chi connectivity index (χ3v) is 3.55. The molecule has 6 nitrogen and oxygen atoms in total. The first-order chi connectivity index (χ1) is 10.7. The molecule has 1 saturated carbocycles. The van der Waals surface area contributed by atoms with Crippen LogP contribution < -0.4 is 10.6 Å². The fourth-order valence-electron chi connectivity index (χ4n) is 2.16. The standard InChI is InChI=1S/C16H24N4O2/c1-2-17-16(19-14-8-9-14)18-12-4-3-5-13-6-10-15(11-7-13)20(21)22/h6-7,10-11,14H,2-5,8-9,12H2,1H3,(H2,17,18,19). The molecule has 6 heteroatoms. The normalized spacial score (nSPS) is 14.7. The summed E-state index contributed by atoms with van der Waals surface area (Å²) in [4.78, 5) is 14.8. The monoisotopic (exact) mass is 304 g/mol. The van der Waals surface area contributed by atoms with Gasteiger partial charge in [-0.3, -0.25) is 15.1 Å². The number of guanidine groups is 1. The van der Waals surface area contributed by atoms with E-state index in [0.717, 1.165) is 43.9 Å². The minimum atomic E-state index is -0.367. The highest BCUT2D eigenvalue weighted by Crippen LogP contribution is 2.18. The second-order valence-corrected chi connectivity index (χ2v) is 5.56. The first kappa shape index (κ1) is 16.3. The number of aryl methyl sites for hydroxylation is 1. The number of nitro benzene ring substituents is 1. The van der Waals surface area contributed by atoms with Crippen molar-refractivity contribution in [2.24, 2.45) is 4.99 Å². The second kappa shape index (κ2) is 8.36. The number of hydrogen-bond acceptors (Lipinski definition) is 3. The second-order valence-electron chi connectivity index (χ2n) is 5.56. The van der Waals surface area contributed by atoms with Crippen molar-refractivity contribution in [2.45, 2.75) is 45.1 Å². The maximum atomic E-state index is 10.6. The van der Waals surface area contributed by atoms with Crippen LogP contribution in [0.3, 0.4) is 0 Å². The fraction of sp³-hybridized carbons (Fsp3) is 0.562. The highest BCUT2D eigenvalue weighted by atomic mass is 16.6. The first-order valence-corrected chi connectivity index (χ1v) is 7.97. The summed E-state index contributed by atoms with van der Waals surface area (Å²) in [5.74, 6) is 0.917. The topological polar surface area (TPSA) is 79.6 Å². The summed E-state index contributed by atoms with van der Waals surface area (Å²) >= 11 is 0. The molecule has 22 heavy (non-hydrogen) atoms. The molecular weight excluding hydrogens is 280 g/mol. The molecule has 0 spiro atoms. The molecule has 1 aliphatic rings.